The number of hydrogen-bond donors (Lipinski definition) is 1. The monoisotopic (exact) mass is 243 g/mol. The lowest BCUT2D eigenvalue weighted by Crippen LogP contribution is -1.91. The van der Waals surface area contributed by atoms with E-state index in [4.69, 9.17) is 5.73 Å². The van der Waals surface area contributed by atoms with Gasteiger partial charge in [0, 0.05) is 16.3 Å². The average molecular weight is 243 g/mol. The lowest BCUT2D eigenvalue weighted by molar-refractivity contribution is 1.29. The van der Waals surface area contributed by atoms with E-state index in [1.807, 2.05) is 12.1 Å². The smallest absolute Gasteiger partial charge is 0.0452 e. The third-order valence-electron chi connectivity index (χ3n) is 2.81. The maximum atomic E-state index is 5.97. The molecule has 0 aliphatic rings. The van der Waals surface area contributed by atoms with E-state index < -0.39 is 0 Å². The first-order chi connectivity index (χ1) is 8.16. The molecule has 0 unspecified atom stereocenters. The molecule has 2 aromatic carbocycles. The summed E-state index contributed by atoms with van der Waals surface area (Å²) in [5, 5.41) is 0. The lowest BCUT2D eigenvalue weighted by Gasteiger charge is -2.08. The number of anilines is 1. The quantitative estimate of drug-likeness (QED) is 0.646. The third kappa shape index (κ3) is 3.04. The van der Waals surface area contributed by atoms with Crippen molar-refractivity contribution in [3.05, 3.63) is 59.2 Å². The standard InChI is InChI=1S/C15H17NS/c1-11-7-8-14(16)15(9-11)17-10-13-6-4-3-5-12(13)2/h3-9H,10,16H2,1-2H3. The first-order valence-electron chi connectivity index (χ1n) is 5.70. The van der Waals surface area contributed by atoms with E-state index in [0.29, 0.717) is 0 Å². The van der Waals surface area contributed by atoms with Crippen molar-refractivity contribution in [3.8, 4) is 0 Å². The molecule has 17 heavy (non-hydrogen) atoms. The van der Waals surface area contributed by atoms with Crippen molar-refractivity contribution in [2.75, 3.05) is 5.73 Å². The average Bonchev–Trinajstić information content (AvgIpc) is 2.32. The van der Waals surface area contributed by atoms with Gasteiger partial charge in [-0.25, -0.2) is 0 Å². The SMILES string of the molecule is Cc1ccc(N)c(SCc2ccccc2C)c1. The molecule has 88 valence electrons. The van der Waals surface area contributed by atoms with E-state index in [-0.39, 0.29) is 0 Å². The van der Waals surface area contributed by atoms with Gasteiger partial charge in [-0.3, -0.25) is 0 Å². The second-order valence-corrected chi connectivity index (χ2v) is 5.27. The van der Waals surface area contributed by atoms with Crippen LogP contribution in [-0.4, -0.2) is 0 Å². The minimum atomic E-state index is 0.870. The number of hydrogen-bond acceptors (Lipinski definition) is 2. The van der Waals surface area contributed by atoms with Crippen LogP contribution in [0.2, 0.25) is 0 Å². The summed E-state index contributed by atoms with van der Waals surface area (Å²) in [5.41, 5.74) is 10.8. The van der Waals surface area contributed by atoms with Gasteiger partial charge in [0.15, 0.2) is 0 Å². The Balaban J connectivity index is 2.12. The largest absolute Gasteiger partial charge is 0.398 e. The van der Waals surface area contributed by atoms with Crippen molar-refractivity contribution in [2.24, 2.45) is 0 Å². The maximum Gasteiger partial charge on any atom is 0.0452 e. The van der Waals surface area contributed by atoms with Gasteiger partial charge in [0.2, 0.25) is 0 Å². The summed E-state index contributed by atoms with van der Waals surface area (Å²) in [6.07, 6.45) is 0. The van der Waals surface area contributed by atoms with Gasteiger partial charge in [-0.2, -0.15) is 0 Å². The van der Waals surface area contributed by atoms with Gasteiger partial charge in [0.1, 0.15) is 0 Å². The van der Waals surface area contributed by atoms with Gasteiger partial charge in [0.05, 0.1) is 0 Å². The van der Waals surface area contributed by atoms with Crippen molar-refractivity contribution in [1.29, 1.82) is 0 Å². The fourth-order valence-electron chi connectivity index (χ4n) is 1.69. The summed E-state index contributed by atoms with van der Waals surface area (Å²) in [6.45, 7) is 4.24. The highest BCUT2D eigenvalue weighted by atomic mass is 32.2. The minimum Gasteiger partial charge on any atom is -0.398 e. The van der Waals surface area contributed by atoms with E-state index in [1.165, 1.54) is 21.6 Å². The summed E-state index contributed by atoms with van der Waals surface area (Å²) in [6, 6.07) is 14.7. The van der Waals surface area contributed by atoms with Crippen LogP contribution in [0.5, 0.6) is 0 Å². The van der Waals surface area contributed by atoms with Crippen LogP contribution in [-0.2, 0) is 5.75 Å². The van der Waals surface area contributed by atoms with Gasteiger partial charge in [-0.05, 0) is 42.7 Å². The molecule has 2 N–H and O–H groups in total. The Bertz CT molecular complexity index is 520. The Labute approximate surface area is 107 Å². The Morgan fingerprint density at radius 2 is 1.82 bits per heavy atom. The van der Waals surface area contributed by atoms with Gasteiger partial charge in [-0.1, -0.05) is 30.3 Å². The fraction of sp³-hybridized carbons (Fsp3) is 0.200. The normalized spacial score (nSPS) is 10.5. The molecule has 0 aliphatic heterocycles. The molecule has 0 atom stereocenters. The van der Waals surface area contributed by atoms with Gasteiger partial charge < -0.3 is 5.73 Å². The molecule has 0 heterocycles. The number of nitrogen functional groups attached to an aromatic ring is 1. The van der Waals surface area contributed by atoms with E-state index in [1.54, 1.807) is 11.8 Å². The predicted molar refractivity (Wildman–Crippen MR) is 76.3 cm³/mol. The number of benzene rings is 2. The molecule has 0 aliphatic carbocycles. The van der Waals surface area contributed by atoms with E-state index in [0.717, 1.165) is 11.4 Å². The van der Waals surface area contributed by atoms with Crippen molar-refractivity contribution in [1.82, 2.24) is 0 Å². The van der Waals surface area contributed by atoms with E-state index >= 15 is 0 Å². The fourth-order valence-corrected chi connectivity index (χ4v) is 2.83. The van der Waals surface area contributed by atoms with Crippen molar-refractivity contribution in [2.45, 2.75) is 24.5 Å². The van der Waals surface area contributed by atoms with E-state index in [9.17, 15) is 0 Å². The molecule has 0 spiro atoms. The molecule has 0 radical (unpaired) electrons. The van der Waals surface area contributed by atoms with Crippen LogP contribution in [0.3, 0.4) is 0 Å². The van der Waals surface area contributed by atoms with Crippen LogP contribution in [0, 0.1) is 13.8 Å². The van der Waals surface area contributed by atoms with Crippen LogP contribution in [0.15, 0.2) is 47.4 Å². The van der Waals surface area contributed by atoms with Crippen molar-refractivity contribution >= 4 is 17.4 Å². The molecule has 0 bridgehead atoms. The highest BCUT2D eigenvalue weighted by Gasteiger charge is 2.02. The highest BCUT2D eigenvalue weighted by Crippen LogP contribution is 2.29. The van der Waals surface area contributed by atoms with Gasteiger partial charge in [0.25, 0.3) is 0 Å². The molecular formula is C15H17NS. The Morgan fingerprint density at radius 1 is 1.06 bits per heavy atom. The summed E-state index contributed by atoms with van der Waals surface area (Å²) in [4.78, 5) is 1.17. The highest BCUT2D eigenvalue weighted by molar-refractivity contribution is 7.98. The molecule has 1 nitrogen and oxygen atoms in total. The second-order valence-electron chi connectivity index (χ2n) is 4.26. The molecule has 0 aromatic heterocycles. The topological polar surface area (TPSA) is 26.0 Å². The summed E-state index contributed by atoms with van der Waals surface area (Å²) >= 11 is 1.80. The van der Waals surface area contributed by atoms with Crippen molar-refractivity contribution in [3.63, 3.8) is 0 Å². The summed E-state index contributed by atoms with van der Waals surface area (Å²) in [5.74, 6) is 0.973. The molecular weight excluding hydrogens is 226 g/mol. The van der Waals surface area contributed by atoms with E-state index in [2.05, 4.69) is 44.2 Å². The van der Waals surface area contributed by atoms with Crippen LogP contribution >= 0.6 is 11.8 Å². The third-order valence-corrected chi connectivity index (χ3v) is 3.93. The zero-order valence-electron chi connectivity index (χ0n) is 10.2. The molecule has 0 amide bonds. The summed E-state index contributed by atoms with van der Waals surface area (Å²) < 4.78 is 0. The number of aryl methyl sites for hydroxylation is 2. The summed E-state index contributed by atoms with van der Waals surface area (Å²) in [7, 11) is 0. The Kier molecular flexibility index (Phi) is 3.75. The first-order valence-corrected chi connectivity index (χ1v) is 6.69. The molecule has 2 rings (SSSR count). The van der Waals surface area contributed by atoms with Crippen LogP contribution in [0.1, 0.15) is 16.7 Å². The number of thioether (sulfide) groups is 1. The van der Waals surface area contributed by atoms with Crippen LogP contribution < -0.4 is 5.73 Å². The number of nitrogens with two attached hydrogens (primary N) is 1. The van der Waals surface area contributed by atoms with Crippen molar-refractivity contribution < 1.29 is 0 Å². The van der Waals surface area contributed by atoms with Crippen LogP contribution in [0.25, 0.3) is 0 Å². The maximum absolute atomic E-state index is 5.97. The molecule has 0 fully saturated rings. The van der Waals surface area contributed by atoms with Crippen LogP contribution in [0.4, 0.5) is 5.69 Å². The predicted octanol–water partition coefficient (Wildman–Crippen LogP) is 4.18. The minimum absolute atomic E-state index is 0.870. The zero-order chi connectivity index (χ0) is 12.3. The van der Waals surface area contributed by atoms with Gasteiger partial charge >= 0.3 is 0 Å². The Morgan fingerprint density at radius 3 is 2.59 bits per heavy atom. The second kappa shape index (κ2) is 5.28. The molecule has 2 heteroatoms. The lowest BCUT2D eigenvalue weighted by atomic mass is 10.1. The molecule has 0 saturated heterocycles. The Hall–Kier alpha value is -1.41. The van der Waals surface area contributed by atoms with Gasteiger partial charge in [-0.15, -0.1) is 11.8 Å². The number of rotatable bonds is 3. The molecule has 0 saturated carbocycles. The molecule has 2 aromatic rings. The zero-order valence-corrected chi connectivity index (χ0v) is 11.1. The first kappa shape index (κ1) is 12.1.